The van der Waals surface area contributed by atoms with Gasteiger partial charge in [0.05, 0.1) is 7.11 Å². The first-order valence-corrected chi connectivity index (χ1v) is 7.70. The average Bonchev–Trinajstić information content (AvgIpc) is 2.52. The molecule has 0 aliphatic heterocycles. The summed E-state index contributed by atoms with van der Waals surface area (Å²) in [5.74, 6) is 1.52. The Morgan fingerprint density at radius 1 is 0.762 bits per heavy atom. The Morgan fingerprint density at radius 3 is 1.52 bits per heavy atom. The van der Waals surface area contributed by atoms with Gasteiger partial charge in [-0.1, -0.05) is 81.3 Å². The first-order valence-electron chi connectivity index (χ1n) is 7.70. The lowest BCUT2D eigenvalue weighted by molar-refractivity contribution is 0.407. The van der Waals surface area contributed by atoms with Crippen LogP contribution in [0.25, 0.3) is 0 Å². The van der Waals surface area contributed by atoms with Gasteiger partial charge in [0.15, 0.2) is 0 Å². The molecule has 21 heavy (non-hydrogen) atoms. The van der Waals surface area contributed by atoms with Gasteiger partial charge in [-0.3, -0.25) is 0 Å². The van der Waals surface area contributed by atoms with Gasteiger partial charge in [-0.15, -0.1) is 0 Å². The van der Waals surface area contributed by atoms with Crippen LogP contribution >= 0.6 is 0 Å². The summed E-state index contributed by atoms with van der Waals surface area (Å²) in [6.07, 6.45) is 0. The molecule has 0 heterocycles. The van der Waals surface area contributed by atoms with Crippen LogP contribution in [0.4, 0.5) is 0 Å². The number of methoxy groups -OCH3 is 1. The van der Waals surface area contributed by atoms with Crippen molar-refractivity contribution in [1.29, 1.82) is 0 Å². The number of hydrogen-bond donors (Lipinski definition) is 0. The van der Waals surface area contributed by atoms with Crippen molar-refractivity contribution in [2.45, 2.75) is 47.5 Å². The highest BCUT2D eigenvalue weighted by Gasteiger charge is 2.03. The Hall–Kier alpha value is -1.76. The number of aryl methyl sites for hydroxylation is 2. The topological polar surface area (TPSA) is 9.23 Å². The lowest BCUT2D eigenvalue weighted by Gasteiger charge is -2.10. The van der Waals surface area contributed by atoms with E-state index in [0.29, 0.717) is 5.92 Å². The van der Waals surface area contributed by atoms with Crippen molar-refractivity contribution in [1.82, 2.24) is 0 Å². The second-order valence-corrected chi connectivity index (χ2v) is 5.05. The lowest BCUT2D eigenvalue weighted by Crippen LogP contribution is -1.92. The Balaban J connectivity index is 0.000000354. The van der Waals surface area contributed by atoms with Crippen LogP contribution in [0.15, 0.2) is 48.5 Å². The van der Waals surface area contributed by atoms with Crippen molar-refractivity contribution in [3.05, 3.63) is 65.2 Å². The fourth-order valence-corrected chi connectivity index (χ4v) is 1.78. The third-order valence-electron chi connectivity index (χ3n) is 2.98. The molecular weight excluding hydrogens is 256 g/mol. The van der Waals surface area contributed by atoms with Crippen LogP contribution in [0.1, 0.15) is 50.3 Å². The zero-order valence-electron chi connectivity index (χ0n) is 14.6. The zero-order chi connectivity index (χ0) is 16.3. The first-order chi connectivity index (χ1) is 10.0. The summed E-state index contributed by atoms with van der Waals surface area (Å²) in [4.78, 5) is 0. The molecule has 0 bridgehead atoms. The molecule has 0 aliphatic carbocycles. The normalized spacial score (nSPS) is 9.14. The van der Waals surface area contributed by atoms with E-state index in [9.17, 15) is 0 Å². The molecule has 0 N–H and O–H groups in total. The molecule has 0 unspecified atom stereocenters. The molecule has 2 aromatic rings. The van der Waals surface area contributed by atoms with E-state index in [-0.39, 0.29) is 0 Å². The standard InChI is InChI=1S/C10H14O.C8H10.C2H6/c1-8(2)9-6-4-5-7-10(9)11-3;1-7-3-5-8(2)6-4-7;1-2/h4-8H,1-3H3;3-6H,1-2H3;1-2H3. The van der Waals surface area contributed by atoms with E-state index in [1.165, 1.54) is 16.7 Å². The molecule has 0 saturated heterocycles. The van der Waals surface area contributed by atoms with Gasteiger partial charge in [-0.25, -0.2) is 0 Å². The maximum absolute atomic E-state index is 5.21. The monoisotopic (exact) mass is 286 g/mol. The van der Waals surface area contributed by atoms with Gasteiger partial charge < -0.3 is 4.74 Å². The van der Waals surface area contributed by atoms with Crippen LogP contribution in [0.2, 0.25) is 0 Å². The quantitative estimate of drug-likeness (QED) is 0.643. The van der Waals surface area contributed by atoms with Gasteiger partial charge in [0.25, 0.3) is 0 Å². The van der Waals surface area contributed by atoms with E-state index >= 15 is 0 Å². The van der Waals surface area contributed by atoms with E-state index < -0.39 is 0 Å². The molecule has 0 fully saturated rings. The van der Waals surface area contributed by atoms with Gasteiger partial charge in [-0.2, -0.15) is 0 Å². The van der Waals surface area contributed by atoms with Gasteiger partial charge in [0.2, 0.25) is 0 Å². The molecular formula is C20H30O. The fourth-order valence-electron chi connectivity index (χ4n) is 1.78. The third kappa shape index (κ3) is 7.55. The van der Waals surface area contributed by atoms with Crippen LogP contribution < -0.4 is 4.74 Å². The Labute approximate surface area is 131 Å². The van der Waals surface area contributed by atoms with Crippen LogP contribution in [0.3, 0.4) is 0 Å². The van der Waals surface area contributed by atoms with Gasteiger partial charge in [-0.05, 0) is 31.4 Å². The summed E-state index contributed by atoms with van der Waals surface area (Å²) in [5, 5.41) is 0. The van der Waals surface area contributed by atoms with Crippen LogP contribution in [-0.4, -0.2) is 7.11 Å². The number of para-hydroxylation sites is 1. The zero-order valence-corrected chi connectivity index (χ0v) is 14.6. The smallest absolute Gasteiger partial charge is 0.122 e. The highest BCUT2D eigenvalue weighted by Crippen LogP contribution is 2.24. The van der Waals surface area contributed by atoms with E-state index in [4.69, 9.17) is 4.74 Å². The van der Waals surface area contributed by atoms with Crippen molar-refractivity contribution in [3.63, 3.8) is 0 Å². The minimum Gasteiger partial charge on any atom is -0.496 e. The van der Waals surface area contributed by atoms with Crippen LogP contribution in [-0.2, 0) is 0 Å². The molecule has 0 aromatic heterocycles. The summed E-state index contributed by atoms with van der Waals surface area (Å²) in [6.45, 7) is 12.5. The Kier molecular flexibility index (Phi) is 10.0. The number of ether oxygens (including phenoxy) is 1. The molecule has 0 atom stereocenters. The fraction of sp³-hybridized carbons (Fsp3) is 0.400. The van der Waals surface area contributed by atoms with Crippen molar-refractivity contribution in [3.8, 4) is 5.75 Å². The predicted octanol–water partition coefficient (Wildman–Crippen LogP) is 6.15. The summed E-state index contributed by atoms with van der Waals surface area (Å²) < 4.78 is 5.21. The highest BCUT2D eigenvalue weighted by molar-refractivity contribution is 5.35. The molecule has 116 valence electrons. The summed E-state index contributed by atoms with van der Waals surface area (Å²) in [5.41, 5.74) is 3.93. The van der Waals surface area contributed by atoms with Gasteiger partial charge in [0.1, 0.15) is 5.75 Å². The number of rotatable bonds is 2. The molecule has 0 aliphatic rings. The SMILES string of the molecule is CC.COc1ccccc1C(C)C.Cc1ccc(C)cc1. The molecule has 0 radical (unpaired) electrons. The van der Waals surface area contributed by atoms with Crippen LogP contribution in [0, 0.1) is 13.8 Å². The highest BCUT2D eigenvalue weighted by atomic mass is 16.5. The predicted molar refractivity (Wildman–Crippen MR) is 94.3 cm³/mol. The van der Waals surface area contributed by atoms with Crippen molar-refractivity contribution < 1.29 is 4.74 Å². The van der Waals surface area contributed by atoms with Crippen molar-refractivity contribution in [2.75, 3.05) is 7.11 Å². The largest absolute Gasteiger partial charge is 0.496 e. The Bertz CT molecular complexity index is 462. The summed E-state index contributed by atoms with van der Waals surface area (Å²) in [6, 6.07) is 16.6. The molecule has 2 rings (SSSR count). The van der Waals surface area contributed by atoms with Gasteiger partial charge >= 0.3 is 0 Å². The molecule has 1 heteroatoms. The molecule has 2 aromatic carbocycles. The third-order valence-corrected chi connectivity index (χ3v) is 2.98. The summed E-state index contributed by atoms with van der Waals surface area (Å²) in [7, 11) is 1.71. The molecule has 1 nitrogen and oxygen atoms in total. The lowest BCUT2D eigenvalue weighted by atomic mass is 10.0. The molecule has 0 spiro atoms. The minimum atomic E-state index is 0.533. The maximum Gasteiger partial charge on any atom is 0.122 e. The van der Waals surface area contributed by atoms with Crippen molar-refractivity contribution >= 4 is 0 Å². The van der Waals surface area contributed by atoms with Crippen molar-refractivity contribution in [2.24, 2.45) is 0 Å². The first kappa shape index (κ1) is 19.2. The van der Waals surface area contributed by atoms with E-state index in [1.54, 1.807) is 7.11 Å². The van der Waals surface area contributed by atoms with Gasteiger partial charge in [0, 0.05) is 0 Å². The number of benzene rings is 2. The molecule has 0 amide bonds. The van der Waals surface area contributed by atoms with E-state index in [2.05, 4.69) is 58.0 Å². The second-order valence-electron chi connectivity index (χ2n) is 5.05. The van der Waals surface area contributed by atoms with E-state index in [0.717, 1.165) is 5.75 Å². The second kappa shape index (κ2) is 11.0. The Morgan fingerprint density at radius 2 is 1.19 bits per heavy atom. The summed E-state index contributed by atoms with van der Waals surface area (Å²) >= 11 is 0. The molecule has 0 saturated carbocycles. The van der Waals surface area contributed by atoms with Crippen LogP contribution in [0.5, 0.6) is 5.75 Å². The average molecular weight is 286 g/mol. The minimum absolute atomic E-state index is 0.533. The van der Waals surface area contributed by atoms with E-state index in [1.807, 2.05) is 32.0 Å². The number of hydrogen-bond acceptors (Lipinski definition) is 1. The maximum atomic E-state index is 5.21.